The predicted molar refractivity (Wildman–Crippen MR) is 217 cm³/mol. The number of nitrogens with one attached hydrogen (secondary N) is 4. The summed E-state index contributed by atoms with van der Waals surface area (Å²) in [5.74, 6) is -2.64. The average molecular weight is 827 g/mol. The van der Waals surface area contributed by atoms with Gasteiger partial charge in [-0.3, -0.25) is 14.4 Å². The number of unbranched alkanes of at least 4 members (excludes halogenated alkanes) is 2. The third-order valence-electron chi connectivity index (χ3n) is 10.2. The number of nitrogens with zero attached hydrogens (tertiary/aromatic N) is 3. The fourth-order valence-corrected chi connectivity index (χ4v) is 8.60. The molecule has 2 aliphatic heterocycles. The molecule has 17 heteroatoms. The molecular formula is C41H56F2N8O6S. The van der Waals surface area contributed by atoms with Crippen LogP contribution in [0.3, 0.4) is 0 Å². The van der Waals surface area contributed by atoms with Crippen LogP contribution in [0.25, 0.3) is 5.69 Å². The molecule has 0 unspecified atom stereocenters. The largest absolute Gasteiger partial charge is 0.480 e. The first-order valence-electron chi connectivity index (χ1n) is 19.9. The van der Waals surface area contributed by atoms with Crippen LogP contribution in [0.5, 0.6) is 5.75 Å². The van der Waals surface area contributed by atoms with Crippen molar-refractivity contribution in [1.29, 1.82) is 0 Å². The fourth-order valence-electron chi connectivity index (χ4n) is 7.05. The average Bonchev–Trinajstić information content (AvgIpc) is 3.88. The first-order chi connectivity index (χ1) is 27.6. The SMILES string of the molecule is CC(C)(CCOC(C)(C)Cc1cn(-c2cccc(C(=O)N[C@@H](CCCCN)C(=O)COc3c(F)cccc3F)c2)nn1)NC(=O)CCCC[C@@H]1SC[C@@H]2NC(=O)N[C@@H]21. The maximum absolute atomic E-state index is 14.1. The molecule has 4 atom stereocenters. The second-order valence-corrected chi connectivity index (χ2v) is 17.4. The maximum atomic E-state index is 14.1. The molecule has 4 amide bonds. The van der Waals surface area contributed by atoms with Gasteiger partial charge in [-0.05, 0) is 103 Å². The lowest BCUT2D eigenvalue weighted by Crippen LogP contribution is -2.44. The first-order valence-corrected chi connectivity index (χ1v) is 20.9. The molecule has 1 aromatic heterocycles. The van der Waals surface area contributed by atoms with Gasteiger partial charge >= 0.3 is 6.03 Å². The minimum atomic E-state index is -0.971. The highest BCUT2D eigenvalue weighted by Crippen LogP contribution is 2.33. The highest BCUT2D eigenvalue weighted by molar-refractivity contribution is 8.00. The number of Topliss-reactive ketones (excluding diaryl/α,β-unsaturated/α-hetero) is 1. The van der Waals surface area contributed by atoms with Crippen LogP contribution in [-0.4, -0.2) is 98.6 Å². The first kappa shape index (κ1) is 44.5. The van der Waals surface area contributed by atoms with Gasteiger partial charge in [-0.2, -0.15) is 11.8 Å². The number of thioether (sulfide) groups is 1. The molecule has 3 aromatic rings. The summed E-state index contributed by atoms with van der Waals surface area (Å²) >= 11 is 1.88. The molecular weight excluding hydrogens is 771 g/mol. The normalized spacial score (nSPS) is 18.3. The van der Waals surface area contributed by atoms with Crippen LogP contribution >= 0.6 is 11.8 Å². The summed E-state index contributed by atoms with van der Waals surface area (Å²) < 4.78 is 41.1. The number of amides is 4. The standard InChI is InChI=1S/C41H56F2N8O6S/c1-40(2,48-35(53)17-6-5-16-34-36-32(25-58-34)46-39(55)47-36)18-20-57-41(3,4)22-27-23-51(50-49-27)28-12-9-11-26(21-28)38(54)45-31(15-7-8-19-44)33(52)24-56-37-29(42)13-10-14-30(37)43/h9-14,21,23,31-32,34,36H,5-8,15-20,22,24-25,44H2,1-4H3,(H,45,54)(H,48,53)(H2,46,47,55)/t31-,32-,34-,36-/m0/s1. The van der Waals surface area contributed by atoms with Crippen LogP contribution < -0.4 is 31.7 Å². The Kier molecular flexibility index (Phi) is 15.6. The molecule has 3 heterocycles. The van der Waals surface area contributed by atoms with Crippen LogP contribution in [-0.2, 0) is 20.7 Å². The van der Waals surface area contributed by atoms with E-state index < -0.39 is 52.9 Å². The van der Waals surface area contributed by atoms with Gasteiger partial charge in [0.15, 0.2) is 23.2 Å². The van der Waals surface area contributed by atoms with Crippen LogP contribution in [0, 0.1) is 11.6 Å². The molecule has 5 rings (SSSR count). The lowest BCUT2D eigenvalue weighted by molar-refractivity contribution is -0.124. The van der Waals surface area contributed by atoms with E-state index in [2.05, 4.69) is 31.6 Å². The van der Waals surface area contributed by atoms with E-state index in [0.717, 1.165) is 37.1 Å². The maximum Gasteiger partial charge on any atom is 0.315 e. The molecule has 6 N–H and O–H groups in total. The number of hydrogen-bond acceptors (Lipinski definition) is 10. The van der Waals surface area contributed by atoms with E-state index in [4.69, 9.17) is 15.2 Å². The van der Waals surface area contributed by atoms with E-state index in [9.17, 15) is 28.0 Å². The van der Waals surface area contributed by atoms with E-state index in [1.54, 1.807) is 35.1 Å². The van der Waals surface area contributed by atoms with Crippen molar-refractivity contribution < 1.29 is 37.4 Å². The minimum Gasteiger partial charge on any atom is -0.480 e. The number of carbonyl (C=O) groups excluding carboxylic acids is 4. The number of hydrogen-bond donors (Lipinski definition) is 5. The van der Waals surface area contributed by atoms with Gasteiger partial charge in [-0.15, -0.1) is 5.10 Å². The molecule has 2 saturated heterocycles. The quantitative estimate of drug-likeness (QED) is 0.0658. The molecule has 2 aliphatic rings. The number of fused-ring (bicyclic) bond motifs is 1. The smallest absolute Gasteiger partial charge is 0.315 e. The number of aromatic nitrogens is 3. The third kappa shape index (κ3) is 12.9. The summed E-state index contributed by atoms with van der Waals surface area (Å²) in [7, 11) is 0. The van der Waals surface area contributed by atoms with Gasteiger partial charge in [0.1, 0.15) is 6.61 Å². The molecule has 316 valence electrons. The Labute approximate surface area is 342 Å². The lowest BCUT2D eigenvalue weighted by atomic mass is 9.99. The number of carbonyl (C=O) groups is 4. The Morgan fingerprint density at radius 3 is 2.57 bits per heavy atom. The Balaban J connectivity index is 1.06. The van der Waals surface area contributed by atoms with E-state index in [1.807, 2.05) is 39.5 Å². The third-order valence-corrected chi connectivity index (χ3v) is 11.7. The second-order valence-electron chi connectivity index (χ2n) is 16.2. The molecule has 2 aromatic carbocycles. The van der Waals surface area contributed by atoms with E-state index in [1.165, 1.54) is 6.07 Å². The Morgan fingerprint density at radius 2 is 1.81 bits per heavy atom. The van der Waals surface area contributed by atoms with E-state index >= 15 is 0 Å². The highest BCUT2D eigenvalue weighted by atomic mass is 32.2. The van der Waals surface area contributed by atoms with Gasteiger partial charge in [0.2, 0.25) is 5.91 Å². The van der Waals surface area contributed by atoms with Crippen molar-refractivity contribution in [3.63, 3.8) is 0 Å². The monoisotopic (exact) mass is 826 g/mol. The van der Waals surface area contributed by atoms with Crippen molar-refractivity contribution in [2.75, 3.05) is 25.5 Å². The van der Waals surface area contributed by atoms with Gasteiger partial charge in [-0.25, -0.2) is 18.3 Å². The molecule has 0 aliphatic carbocycles. The fraction of sp³-hybridized carbons (Fsp3) is 0.561. The molecule has 0 saturated carbocycles. The number of urea groups is 1. The summed E-state index contributed by atoms with van der Waals surface area (Å²) in [6.07, 6.45) is 7.37. The summed E-state index contributed by atoms with van der Waals surface area (Å²) in [4.78, 5) is 50.9. The van der Waals surface area contributed by atoms with Crippen molar-refractivity contribution in [2.45, 2.75) is 120 Å². The van der Waals surface area contributed by atoms with Gasteiger partial charge in [-0.1, -0.05) is 23.8 Å². The minimum absolute atomic E-state index is 0.00935. The predicted octanol–water partition coefficient (Wildman–Crippen LogP) is 4.77. The summed E-state index contributed by atoms with van der Waals surface area (Å²) in [5, 5.41) is 20.8. The van der Waals surface area contributed by atoms with Crippen molar-refractivity contribution in [1.82, 2.24) is 36.3 Å². The molecule has 0 bridgehead atoms. The van der Waals surface area contributed by atoms with Gasteiger partial charge < -0.3 is 36.5 Å². The molecule has 0 radical (unpaired) electrons. The second kappa shape index (κ2) is 20.4. The Morgan fingerprint density at radius 1 is 1.05 bits per heavy atom. The van der Waals surface area contributed by atoms with Crippen molar-refractivity contribution in [3.8, 4) is 11.4 Å². The van der Waals surface area contributed by atoms with Crippen LogP contribution in [0.1, 0.15) is 95.1 Å². The topological polar surface area (TPSA) is 192 Å². The summed E-state index contributed by atoms with van der Waals surface area (Å²) in [6.45, 7) is 8.07. The molecule has 0 spiro atoms. The summed E-state index contributed by atoms with van der Waals surface area (Å²) in [6, 6.07) is 9.26. The molecule has 2 fully saturated rings. The number of para-hydroxylation sites is 1. The number of benzene rings is 2. The van der Waals surface area contributed by atoms with Gasteiger partial charge in [0, 0.05) is 41.6 Å². The van der Waals surface area contributed by atoms with Crippen molar-refractivity contribution in [2.24, 2.45) is 5.73 Å². The van der Waals surface area contributed by atoms with E-state index in [-0.39, 0.29) is 36.0 Å². The van der Waals surface area contributed by atoms with E-state index in [0.29, 0.717) is 61.9 Å². The van der Waals surface area contributed by atoms with Crippen LogP contribution in [0.4, 0.5) is 13.6 Å². The number of nitrogens with two attached hydrogens (primary N) is 1. The Hall–Kier alpha value is -4.61. The van der Waals surface area contributed by atoms with Crippen molar-refractivity contribution in [3.05, 3.63) is 71.6 Å². The van der Waals surface area contributed by atoms with Crippen molar-refractivity contribution >= 4 is 35.4 Å². The number of rotatable bonds is 23. The zero-order valence-electron chi connectivity index (χ0n) is 33.7. The molecule has 58 heavy (non-hydrogen) atoms. The zero-order valence-corrected chi connectivity index (χ0v) is 34.5. The Bertz CT molecular complexity index is 1870. The highest BCUT2D eigenvalue weighted by Gasteiger charge is 2.42. The summed E-state index contributed by atoms with van der Waals surface area (Å²) in [5.41, 5.74) is 6.07. The number of ketones is 1. The van der Waals surface area contributed by atoms with Gasteiger partial charge in [0.25, 0.3) is 5.91 Å². The number of halogens is 2. The zero-order chi connectivity index (χ0) is 41.9. The lowest BCUT2D eigenvalue weighted by Gasteiger charge is -2.30. The van der Waals surface area contributed by atoms with Crippen LogP contribution in [0.15, 0.2) is 48.7 Å². The van der Waals surface area contributed by atoms with Gasteiger partial charge in [0.05, 0.1) is 41.3 Å². The number of ether oxygens (including phenoxy) is 2. The van der Waals surface area contributed by atoms with Crippen LogP contribution in [0.2, 0.25) is 0 Å². The molecule has 14 nitrogen and oxygen atoms in total.